The van der Waals surface area contributed by atoms with Gasteiger partial charge in [-0.2, -0.15) is 11.8 Å². The van der Waals surface area contributed by atoms with Crippen molar-refractivity contribution in [1.29, 1.82) is 0 Å². The molecule has 9 N–H and O–H groups in total. The lowest BCUT2D eigenvalue weighted by molar-refractivity contribution is -0.147. The van der Waals surface area contributed by atoms with Gasteiger partial charge < -0.3 is 42.3 Å². The summed E-state index contributed by atoms with van der Waals surface area (Å²) in [6.07, 6.45) is 0.722. The second kappa shape index (κ2) is 18.0. The van der Waals surface area contributed by atoms with Gasteiger partial charge in [-0.05, 0) is 30.3 Å². The second-order valence-electron chi connectivity index (χ2n) is 9.64. The fraction of sp³-hybridized carbons (Fsp3) is 0.708. The Hall–Kier alpha value is -3.40. The Morgan fingerprint density at radius 3 is 1.65 bits per heavy atom. The van der Waals surface area contributed by atoms with Gasteiger partial charge in [0.05, 0.1) is 18.9 Å². The minimum absolute atomic E-state index is 0.0715. The number of aliphatic carboxylic acids is 3. The number of carboxylic acids is 3. The van der Waals surface area contributed by atoms with Crippen LogP contribution >= 0.6 is 11.8 Å². The highest BCUT2D eigenvalue weighted by Gasteiger charge is 2.34. The fourth-order valence-electron chi connectivity index (χ4n) is 3.37. The van der Waals surface area contributed by atoms with Gasteiger partial charge in [0.1, 0.15) is 24.2 Å². The van der Waals surface area contributed by atoms with Crippen LogP contribution in [0.5, 0.6) is 0 Å². The van der Waals surface area contributed by atoms with Gasteiger partial charge in [-0.15, -0.1) is 0 Å². The van der Waals surface area contributed by atoms with E-state index in [4.69, 9.17) is 10.8 Å². The lowest BCUT2D eigenvalue weighted by atomic mass is 9.99. The predicted molar refractivity (Wildman–Crippen MR) is 145 cm³/mol. The Bertz CT molecular complexity index is 932. The molecule has 0 aromatic carbocycles. The second-order valence-corrected chi connectivity index (χ2v) is 10.6. The highest BCUT2D eigenvalue weighted by molar-refractivity contribution is 7.98. The van der Waals surface area contributed by atoms with Crippen molar-refractivity contribution in [2.24, 2.45) is 17.6 Å². The Kier molecular flexibility index (Phi) is 16.5. The third kappa shape index (κ3) is 13.1. The van der Waals surface area contributed by atoms with Crippen molar-refractivity contribution in [1.82, 2.24) is 21.3 Å². The molecule has 15 nitrogen and oxygen atoms in total. The molecule has 0 radical (unpaired) electrons. The number of nitrogens with two attached hydrogens (primary N) is 1. The third-order valence-corrected chi connectivity index (χ3v) is 6.70. The molecule has 0 fully saturated rings. The van der Waals surface area contributed by atoms with E-state index in [9.17, 15) is 43.8 Å². The fourth-order valence-corrected chi connectivity index (χ4v) is 3.84. The molecule has 228 valence electrons. The molecule has 0 aliphatic heterocycles. The molecule has 4 amide bonds. The highest BCUT2D eigenvalue weighted by Crippen LogP contribution is 2.09. The molecule has 0 unspecified atom stereocenters. The van der Waals surface area contributed by atoms with Crippen LogP contribution in [0.15, 0.2) is 0 Å². The topological polar surface area (TPSA) is 254 Å². The summed E-state index contributed by atoms with van der Waals surface area (Å²) in [4.78, 5) is 85.1. The third-order valence-electron chi connectivity index (χ3n) is 6.06. The molecule has 0 aromatic heterocycles. The summed E-state index contributed by atoms with van der Waals surface area (Å²) in [5.41, 5.74) is 5.89. The van der Waals surface area contributed by atoms with E-state index < -0.39 is 90.5 Å². The summed E-state index contributed by atoms with van der Waals surface area (Å²) in [6, 6.07) is -6.82. The van der Waals surface area contributed by atoms with E-state index in [0.29, 0.717) is 12.2 Å². The molecule has 0 aromatic rings. The standard InChI is InChI=1S/C24H41N5O10S/c1-6-12(4)18(25)22(36)27-14(9-16(30)31)21(35)26-13(7-8-40-5)20(34)29-19(11(2)3)23(37)28-15(24(38)39)10-17(32)33/h11-15,18-19H,6-10,25H2,1-5H3,(H,26,35)(H,27,36)(H,28,37)(H,29,34)(H,30,31)(H,32,33)(H,38,39)/t12-,13-,14-,15-,18-,19-/m0/s1. The maximum absolute atomic E-state index is 13.2. The summed E-state index contributed by atoms with van der Waals surface area (Å²) < 4.78 is 0. The molecule has 0 aliphatic carbocycles. The zero-order valence-corrected chi connectivity index (χ0v) is 24.1. The minimum Gasteiger partial charge on any atom is -0.481 e. The van der Waals surface area contributed by atoms with Crippen molar-refractivity contribution in [3.8, 4) is 0 Å². The van der Waals surface area contributed by atoms with Gasteiger partial charge >= 0.3 is 17.9 Å². The summed E-state index contributed by atoms with van der Waals surface area (Å²) in [5.74, 6) is -8.29. The van der Waals surface area contributed by atoms with Gasteiger partial charge in [0.25, 0.3) is 0 Å². The monoisotopic (exact) mass is 591 g/mol. The van der Waals surface area contributed by atoms with Crippen LogP contribution in [0.4, 0.5) is 0 Å². The first kappa shape index (κ1) is 36.6. The van der Waals surface area contributed by atoms with Crippen molar-refractivity contribution in [2.45, 2.75) is 83.6 Å². The zero-order valence-electron chi connectivity index (χ0n) is 23.3. The molecule has 40 heavy (non-hydrogen) atoms. The van der Waals surface area contributed by atoms with Gasteiger partial charge in [0, 0.05) is 0 Å². The molecular formula is C24H41N5O10S. The van der Waals surface area contributed by atoms with E-state index in [1.807, 2.05) is 6.92 Å². The number of hydrogen-bond donors (Lipinski definition) is 8. The van der Waals surface area contributed by atoms with Crippen LogP contribution in [-0.4, -0.2) is 99.1 Å². The molecule has 0 spiro atoms. The quantitative estimate of drug-likeness (QED) is 0.0876. The molecule has 0 bridgehead atoms. The van der Waals surface area contributed by atoms with Gasteiger partial charge in [-0.1, -0.05) is 34.1 Å². The first-order valence-electron chi connectivity index (χ1n) is 12.7. The van der Waals surface area contributed by atoms with E-state index >= 15 is 0 Å². The normalized spacial score (nSPS) is 15.5. The molecule has 0 saturated carbocycles. The average Bonchev–Trinajstić information content (AvgIpc) is 2.86. The number of hydrogen-bond acceptors (Lipinski definition) is 9. The predicted octanol–water partition coefficient (Wildman–Crippen LogP) is -1.26. The molecule has 16 heteroatoms. The Morgan fingerprint density at radius 1 is 0.725 bits per heavy atom. The van der Waals surface area contributed by atoms with Crippen molar-refractivity contribution in [2.75, 3.05) is 12.0 Å². The van der Waals surface area contributed by atoms with Gasteiger partial charge in [-0.3, -0.25) is 28.8 Å². The number of rotatable bonds is 19. The van der Waals surface area contributed by atoms with E-state index in [0.717, 1.165) is 0 Å². The smallest absolute Gasteiger partial charge is 0.326 e. The van der Waals surface area contributed by atoms with E-state index in [1.165, 1.54) is 11.8 Å². The maximum atomic E-state index is 13.2. The lowest BCUT2D eigenvalue weighted by Crippen LogP contribution is -2.60. The maximum Gasteiger partial charge on any atom is 0.326 e. The summed E-state index contributed by atoms with van der Waals surface area (Å²) in [5, 5.41) is 36.7. The van der Waals surface area contributed by atoms with Crippen LogP contribution in [0, 0.1) is 11.8 Å². The number of thioether (sulfide) groups is 1. The van der Waals surface area contributed by atoms with Crippen molar-refractivity contribution >= 4 is 53.3 Å². The average molecular weight is 592 g/mol. The van der Waals surface area contributed by atoms with Crippen molar-refractivity contribution < 1.29 is 48.9 Å². The van der Waals surface area contributed by atoms with Crippen LogP contribution in [0.3, 0.4) is 0 Å². The van der Waals surface area contributed by atoms with Crippen LogP contribution in [0.1, 0.15) is 53.4 Å². The first-order chi connectivity index (χ1) is 18.5. The summed E-state index contributed by atoms with van der Waals surface area (Å²) in [6.45, 7) is 6.66. The molecule has 0 aliphatic rings. The zero-order chi connectivity index (χ0) is 31.2. The Balaban J connectivity index is 5.81. The number of carbonyl (C=O) groups is 7. The van der Waals surface area contributed by atoms with Crippen molar-refractivity contribution in [3.63, 3.8) is 0 Å². The van der Waals surface area contributed by atoms with Crippen LogP contribution in [-0.2, 0) is 33.6 Å². The largest absolute Gasteiger partial charge is 0.481 e. The van der Waals surface area contributed by atoms with Gasteiger partial charge in [0.15, 0.2) is 0 Å². The molecular weight excluding hydrogens is 550 g/mol. The molecule has 0 saturated heterocycles. The SMILES string of the molecule is CC[C@H](C)[C@H](N)C(=O)N[C@@H](CC(=O)O)C(=O)N[C@@H](CCSC)C(=O)N[C@H](C(=O)N[C@@H](CC(=O)O)C(=O)O)C(C)C. The lowest BCUT2D eigenvalue weighted by Gasteiger charge is -2.27. The van der Waals surface area contributed by atoms with Gasteiger partial charge in [0.2, 0.25) is 23.6 Å². The number of nitrogens with one attached hydrogen (secondary N) is 4. The van der Waals surface area contributed by atoms with Crippen LogP contribution < -0.4 is 27.0 Å². The number of amides is 4. The van der Waals surface area contributed by atoms with E-state index in [-0.39, 0.29) is 12.3 Å². The molecule has 6 atom stereocenters. The molecule has 0 heterocycles. The van der Waals surface area contributed by atoms with Gasteiger partial charge in [-0.25, -0.2) is 4.79 Å². The number of carbonyl (C=O) groups excluding carboxylic acids is 4. The highest BCUT2D eigenvalue weighted by atomic mass is 32.2. The Morgan fingerprint density at radius 2 is 1.20 bits per heavy atom. The van der Waals surface area contributed by atoms with Crippen LogP contribution in [0.2, 0.25) is 0 Å². The summed E-state index contributed by atoms with van der Waals surface area (Å²) in [7, 11) is 0. The van der Waals surface area contributed by atoms with E-state index in [2.05, 4.69) is 21.3 Å². The summed E-state index contributed by atoms with van der Waals surface area (Å²) >= 11 is 1.35. The minimum atomic E-state index is -1.74. The van der Waals surface area contributed by atoms with E-state index in [1.54, 1.807) is 27.0 Å². The first-order valence-corrected chi connectivity index (χ1v) is 14.1. The van der Waals surface area contributed by atoms with Crippen LogP contribution in [0.25, 0.3) is 0 Å². The molecule has 0 rings (SSSR count). The Labute approximate surface area is 236 Å². The van der Waals surface area contributed by atoms with Crippen molar-refractivity contribution in [3.05, 3.63) is 0 Å². The number of carboxylic acid groups (broad SMARTS) is 3.